The molecule has 1 aromatic heterocycles. The fourth-order valence-corrected chi connectivity index (χ4v) is 3.17. The van der Waals surface area contributed by atoms with E-state index in [4.69, 9.17) is 24.5 Å². The Kier molecular flexibility index (Phi) is 12.7. The highest BCUT2D eigenvalue weighted by Gasteiger charge is 2.05. The number of hydrogen-bond acceptors (Lipinski definition) is 6. The Labute approximate surface area is 184 Å². The maximum Gasteiger partial charge on any atom is 0.414 e. The van der Waals surface area contributed by atoms with E-state index in [1.165, 1.54) is 51.7 Å². The highest BCUT2D eigenvalue weighted by atomic mass is 16.5. The largest absolute Gasteiger partial charge is 0.497 e. The normalized spacial score (nSPS) is 10.5. The lowest BCUT2D eigenvalue weighted by molar-refractivity contribution is -0.159. The van der Waals surface area contributed by atoms with Crippen LogP contribution >= 0.6 is 0 Å². The highest BCUT2D eigenvalue weighted by Crippen LogP contribution is 2.27. The first-order valence-electron chi connectivity index (χ1n) is 10.8. The summed E-state index contributed by atoms with van der Waals surface area (Å²) in [5, 5.41) is 19.4. The van der Waals surface area contributed by atoms with Crippen molar-refractivity contribution in [3.8, 4) is 5.75 Å². The molecule has 0 aliphatic rings. The third-order valence-electron chi connectivity index (χ3n) is 4.96. The molecule has 0 aliphatic carbocycles. The lowest BCUT2D eigenvalue weighted by Gasteiger charge is -2.17. The van der Waals surface area contributed by atoms with Crippen molar-refractivity contribution in [2.24, 2.45) is 0 Å². The number of nitrogens with one attached hydrogen (secondary N) is 1. The van der Waals surface area contributed by atoms with Crippen molar-refractivity contribution in [1.29, 1.82) is 0 Å². The molecule has 8 heteroatoms. The van der Waals surface area contributed by atoms with Crippen LogP contribution in [0.15, 0.2) is 30.5 Å². The number of unbranched alkanes of at least 4 members (excludes halogenated alkanes) is 4. The first kappa shape index (κ1) is 26.2. The second-order valence-electron chi connectivity index (χ2n) is 7.08. The molecule has 172 valence electrons. The fraction of sp³-hybridized carbons (Fsp3) is 0.522. The number of pyridine rings is 1. The number of fused-ring (bicyclic) bond motifs is 1. The monoisotopic (exact) mass is 433 g/mol. The SMILES string of the molecule is CCN(CC)CCCCCCCNc1cc(OC)cc2cccnc12.O=C(O)C(=O)O. The van der Waals surface area contributed by atoms with Crippen molar-refractivity contribution in [3.05, 3.63) is 30.5 Å². The molecule has 0 spiro atoms. The van der Waals surface area contributed by atoms with E-state index in [9.17, 15) is 0 Å². The van der Waals surface area contributed by atoms with Crippen LogP contribution < -0.4 is 10.1 Å². The summed E-state index contributed by atoms with van der Waals surface area (Å²) in [6, 6.07) is 8.11. The molecule has 2 rings (SSSR count). The predicted octanol–water partition coefficient (Wildman–Crippen LogP) is 4.10. The van der Waals surface area contributed by atoms with Crippen molar-refractivity contribution < 1.29 is 24.5 Å². The zero-order chi connectivity index (χ0) is 23.1. The molecular weight excluding hydrogens is 398 g/mol. The van der Waals surface area contributed by atoms with Crippen LogP contribution in [-0.2, 0) is 9.59 Å². The van der Waals surface area contributed by atoms with Crippen LogP contribution in [0.4, 0.5) is 5.69 Å². The molecule has 0 fully saturated rings. The average Bonchev–Trinajstić information content (AvgIpc) is 2.78. The van der Waals surface area contributed by atoms with Gasteiger partial charge >= 0.3 is 11.9 Å². The molecule has 0 saturated carbocycles. The summed E-state index contributed by atoms with van der Waals surface area (Å²) < 4.78 is 5.40. The Hall–Kier alpha value is -2.87. The smallest absolute Gasteiger partial charge is 0.414 e. The summed E-state index contributed by atoms with van der Waals surface area (Å²) in [5.74, 6) is -2.77. The molecule has 0 radical (unpaired) electrons. The average molecular weight is 434 g/mol. The molecule has 31 heavy (non-hydrogen) atoms. The number of benzene rings is 1. The zero-order valence-corrected chi connectivity index (χ0v) is 18.8. The summed E-state index contributed by atoms with van der Waals surface area (Å²) in [4.78, 5) is 25.2. The first-order valence-corrected chi connectivity index (χ1v) is 10.8. The van der Waals surface area contributed by atoms with E-state index in [1.54, 1.807) is 7.11 Å². The number of aromatic nitrogens is 1. The Morgan fingerprint density at radius 2 is 1.68 bits per heavy atom. The summed E-state index contributed by atoms with van der Waals surface area (Å²) >= 11 is 0. The Morgan fingerprint density at radius 3 is 2.29 bits per heavy atom. The number of hydrogen-bond donors (Lipinski definition) is 3. The van der Waals surface area contributed by atoms with Crippen LogP contribution in [0.5, 0.6) is 5.75 Å². The van der Waals surface area contributed by atoms with Crippen LogP contribution in [0.2, 0.25) is 0 Å². The third kappa shape index (κ3) is 10.1. The second-order valence-corrected chi connectivity index (χ2v) is 7.08. The minimum atomic E-state index is -1.82. The zero-order valence-electron chi connectivity index (χ0n) is 18.8. The van der Waals surface area contributed by atoms with E-state index in [0.29, 0.717) is 0 Å². The van der Waals surface area contributed by atoms with Crippen molar-refractivity contribution in [2.45, 2.75) is 46.0 Å². The van der Waals surface area contributed by atoms with Gasteiger partial charge in [-0.05, 0) is 44.6 Å². The fourth-order valence-electron chi connectivity index (χ4n) is 3.17. The molecule has 8 nitrogen and oxygen atoms in total. The van der Waals surface area contributed by atoms with Crippen molar-refractivity contribution >= 4 is 28.5 Å². The van der Waals surface area contributed by atoms with Crippen molar-refractivity contribution in [1.82, 2.24) is 9.88 Å². The Balaban J connectivity index is 0.000000703. The number of carboxylic acids is 2. The summed E-state index contributed by atoms with van der Waals surface area (Å²) in [7, 11) is 1.71. The highest BCUT2D eigenvalue weighted by molar-refractivity contribution is 6.27. The van der Waals surface area contributed by atoms with Gasteiger partial charge < -0.3 is 25.2 Å². The topological polar surface area (TPSA) is 112 Å². The molecular formula is C23H35N3O5. The second kappa shape index (κ2) is 15.0. The van der Waals surface area contributed by atoms with Gasteiger partial charge in [-0.1, -0.05) is 39.2 Å². The van der Waals surface area contributed by atoms with E-state index in [2.05, 4.69) is 35.1 Å². The third-order valence-corrected chi connectivity index (χ3v) is 4.96. The minimum Gasteiger partial charge on any atom is -0.497 e. The van der Waals surface area contributed by atoms with E-state index in [1.807, 2.05) is 24.4 Å². The Bertz CT molecular complexity index is 797. The molecule has 2 aromatic rings. The summed E-state index contributed by atoms with van der Waals surface area (Å²) in [5.41, 5.74) is 2.08. The van der Waals surface area contributed by atoms with Crippen LogP contribution in [-0.4, -0.2) is 65.3 Å². The number of aliphatic carboxylic acids is 2. The van der Waals surface area contributed by atoms with Gasteiger partial charge in [0.25, 0.3) is 0 Å². The van der Waals surface area contributed by atoms with E-state index in [-0.39, 0.29) is 0 Å². The molecule has 3 N–H and O–H groups in total. The number of carbonyl (C=O) groups is 2. The number of anilines is 1. The Morgan fingerprint density at radius 1 is 1.03 bits per heavy atom. The molecule has 0 bridgehead atoms. The quantitative estimate of drug-likeness (QED) is 0.339. The molecule has 1 heterocycles. The number of carboxylic acid groups (broad SMARTS) is 2. The lowest BCUT2D eigenvalue weighted by Crippen LogP contribution is -2.23. The van der Waals surface area contributed by atoms with Gasteiger partial charge in [0, 0.05) is 24.2 Å². The van der Waals surface area contributed by atoms with Crippen LogP contribution in [0.3, 0.4) is 0 Å². The molecule has 0 atom stereocenters. The van der Waals surface area contributed by atoms with Crippen molar-refractivity contribution in [3.63, 3.8) is 0 Å². The summed E-state index contributed by atoms with van der Waals surface area (Å²) in [6.07, 6.45) is 8.28. The standard InChI is InChI=1S/C21H33N3O.C2H2O4/c1-4-24(5-2)15-10-8-6-7-9-13-22-20-17-19(25-3)16-18-12-11-14-23-21(18)20;3-1(4)2(5)6/h11-12,14,16-17,22H,4-10,13,15H2,1-3H3;(H,3,4)(H,5,6). The van der Waals surface area contributed by atoms with Gasteiger partial charge in [0.05, 0.1) is 18.3 Å². The van der Waals surface area contributed by atoms with Gasteiger partial charge in [-0.25, -0.2) is 9.59 Å². The number of methoxy groups -OCH3 is 1. The van der Waals surface area contributed by atoms with E-state index in [0.717, 1.165) is 28.9 Å². The van der Waals surface area contributed by atoms with Crippen LogP contribution in [0.1, 0.15) is 46.0 Å². The van der Waals surface area contributed by atoms with E-state index < -0.39 is 11.9 Å². The number of ether oxygens (including phenoxy) is 1. The van der Waals surface area contributed by atoms with Gasteiger partial charge in [-0.3, -0.25) is 4.98 Å². The van der Waals surface area contributed by atoms with Gasteiger partial charge in [-0.2, -0.15) is 0 Å². The van der Waals surface area contributed by atoms with Gasteiger partial charge in [-0.15, -0.1) is 0 Å². The van der Waals surface area contributed by atoms with Crippen LogP contribution in [0.25, 0.3) is 10.9 Å². The molecule has 1 aromatic carbocycles. The van der Waals surface area contributed by atoms with Gasteiger partial charge in [0.15, 0.2) is 0 Å². The minimum absolute atomic E-state index is 0.874. The maximum absolute atomic E-state index is 9.10. The lowest BCUT2D eigenvalue weighted by atomic mass is 10.1. The first-order chi connectivity index (χ1) is 14.9. The number of rotatable bonds is 12. The van der Waals surface area contributed by atoms with Gasteiger partial charge in [0.2, 0.25) is 0 Å². The maximum atomic E-state index is 9.10. The van der Waals surface area contributed by atoms with Crippen LogP contribution in [0, 0.1) is 0 Å². The molecule has 0 aliphatic heterocycles. The van der Waals surface area contributed by atoms with Crippen molar-refractivity contribution in [2.75, 3.05) is 38.6 Å². The van der Waals surface area contributed by atoms with E-state index >= 15 is 0 Å². The summed E-state index contributed by atoms with van der Waals surface area (Å²) in [6.45, 7) is 9.05. The van der Waals surface area contributed by atoms with Gasteiger partial charge in [0.1, 0.15) is 5.75 Å². The molecule has 0 amide bonds. The predicted molar refractivity (Wildman–Crippen MR) is 123 cm³/mol. The number of nitrogens with zero attached hydrogens (tertiary/aromatic N) is 2. The molecule has 0 unspecified atom stereocenters. The molecule has 0 saturated heterocycles.